The van der Waals surface area contributed by atoms with Crippen molar-refractivity contribution in [3.8, 4) is 0 Å². The maximum atomic E-state index is 12.4. The van der Waals surface area contributed by atoms with E-state index in [1.54, 1.807) is 0 Å². The van der Waals surface area contributed by atoms with E-state index in [0.29, 0.717) is 0 Å². The smallest absolute Gasteiger partial charge is 0.275 e. The third-order valence-corrected chi connectivity index (χ3v) is 2.05. The molecule has 1 aromatic rings. The van der Waals surface area contributed by atoms with Gasteiger partial charge in [-0.05, 0) is 17.7 Å². The second-order valence-corrected chi connectivity index (χ2v) is 3.40. The molecule has 0 spiro atoms. The summed E-state index contributed by atoms with van der Waals surface area (Å²) >= 11 is 16.0. The standard InChI is InChI=1S/C7H2Cl3F2NO/c8-2-1-3(9)13-5(7(11)12)4(2)6(10)14/h1,7H. The zero-order chi connectivity index (χ0) is 10.9. The van der Waals surface area contributed by atoms with Crippen LogP contribution in [0.5, 0.6) is 0 Å². The third kappa shape index (κ3) is 2.32. The highest BCUT2D eigenvalue weighted by atomic mass is 35.5. The normalized spacial score (nSPS) is 10.7. The van der Waals surface area contributed by atoms with Crippen molar-refractivity contribution in [2.45, 2.75) is 6.43 Å². The Balaban J connectivity index is 3.44. The summed E-state index contributed by atoms with van der Waals surface area (Å²) in [5.41, 5.74) is -1.31. The number of aromatic nitrogens is 1. The van der Waals surface area contributed by atoms with E-state index in [9.17, 15) is 13.6 Å². The van der Waals surface area contributed by atoms with Crippen LogP contribution in [0, 0.1) is 0 Å². The molecule has 0 N–H and O–H groups in total. The minimum absolute atomic E-state index is 0.216. The molecule has 0 atom stereocenters. The molecule has 0 saturated carbocycles. The number of pyridine rings is 1. The molecule has 1 heterocycles. The number of hydrogen-bond donors (Lipinski definition) is 0. The van der Waals surface area contributed by atoms with Crippen molar-refractivity contribution in [3.05, 3.63) is 27.5 Å². The van der Waals surface area contributed by atoms with Gasteiger partial charge in [0.05, 0.1) is 10.6 Å². The number of hydrogen-bond acceptors (Lipinski definition) is 2. The van der Waals surface area contributed by atoms with Gasteiger partial charge in [-0.15, -0.1) is 0 Å². The number of alkyl halides is 2. The molecular formula is C7H2Cl3F2NO. The maximum Gasteiger partial charge on any atom is 0.281 e. The molecule has 1 rings (SSSR count). The lowest BCUT2D eigenvalue weighted by molar-refractivity contribution is 0.106. The van der Waals surface area contributed by atoms with Crippen molar-refractivity contribution >= 4 is 40.0 Å². The summed E-state index contributed by atoms with van der Waals surface area (Å²) in [4.78, 5) is 14.0. The summed E-state index contributed by atoms with van der Waals surface area (Å²) in [6.07, 6.45) is -2.95. The second kappa shape index (κ2) is 4.38. The summed E-state index contributed by atoms with van der Waals surface area (Å²) in [6, 6.07) is 1.07. The monoisotopic (exact) mass is 259 g/mol. The highest BCUT2D eigenvalue weighted by molar-refractivity contribution is 6.69. The molecular weight excluding hydrogens is 258 g/mol. The molecule has 0 aliphatic rings. The van der Waals surface area contributed by atoms with Gasteiger partial charge in [0.1, 0.15) is 10.8 Å². The van der Waals surface area contributed by atoms with Crippen molar-refractivity contribution < 1.29 is 13.6 Å². The fourth-order valence-corrected chi connectivity index (χ4v) is 1.64. The summed E-state index contributed by atoms with van der Waals surface area (Å²) in [6.45, 7) is 0. The first-order valence-electron chi connectivity index (χ1n) is 3.27. The molecule has 7 heteroatoms. The molecule has 76 valence electrons. The molecule has 0 amide bonds. The van der Waals surface area contributed by atoms with Gasteiger partial charge in [-0.1, -0.05) is 23.2 Å². The lowest BCUT2D eigenvalue weighted by atomic mass is 10.2. The second-order valence-electron chi connectivity index (χ2n) is 2.26. The van der Waals surface area contributed by atoms with Crippen molar-refractivity contribution in [2.24, 2.45) is 0 Å². The Hall–Kier alpha value is -0.450. The topological polar surface area (TPSA) is 30.0 Å². The van der Waals surface area contributed by atoms with Gasteiger partial charge in [-0.3, -0.25) is 4.79 Å². The van der Waals surface area contributed by atoms with Gasteiger partial charge in [0.15, 0.2) is 0 Å². The van der Waals surface area contributed by atoms with Gasteiger partial charge < -0.3 is 0 Å². The van der Waals surface area contributed by atoms with Crippen LogP contribution in [0.25, 0.3) is 0 Å². The first-order valence-corrected chi connectivity index (χ1v) is 4.40. The molecule has 0 radical (unpaired) electrons. The van der Waals surface area contributed by atoms with Crippen LogP contribution in [0.3, 0.4) is 0 Å². The number of nitrogens with zero attached hydrogens (tertiary/aromatic N) is 1. The molecule has 0 aliphatic heterocycles. The van der Waals surface area contributed by atoms with Gasteiger partial charge in [0.25, 0.3) is 11.7 Å². The molecule has 14 heavy (non-hydrogen) atoms. The number of carbonyl (C=O) groups excluding carboxylic acids is 1. The summed E-state index contributed by atoms with van der Waals surface area (Å²) in [7, 11) is 0. The number of rotatable bonds is 2. The Bertz CT molecular complexity index is 383. The molecule has 0 fully saturated rings. The fraction of sp³-hybridized carbons (Fsp3) is 0.143. The number of carbonyl (C=O) groups is 1. The summed E-state index contributed by atoms with van der Waals surface area (Å²) in [5, 5.41) is -1.54. The Kier molecular flexibility index (Phi) is 3.64. The van der Waals surface area contributed by atoms with E-state index in [0.717, 1.165) is 6.07 Å². The average molecular weight is 260 g/mol. The van der Waals surface area contributed by atoms with Gasteiger partial charge in [-0.2, -0.15) is 0 Å². The molecule has 0 bridgehead atoms. The molecule has 0 aliphatic carbocycles. The van der Waals surface area contributed by atoms with Gasteiger partial charge in [0, 0.05) is 0 Å². The maximum absolute atomic E-state index is 12.4. The molecule has 0 unspecified atom stereocenters. The SMILES string of the molecule is O=C(Cl)c1c(Cl)cc(Cl)nc1C(F)F. The van der Waals surface area contributed by atoms with Crippen LogP contribution in [0.2, 0.25) is 10.2 Å². The minimum Gasteiger partial charge on any atom is -0.275 e. The zero-order valence-electron chi connectivity index (χ0n) is 6.40. The van der Waals surface area contributed by atoms with Crippen molar-refractivity contribution in [3.63, 3.8) is 0 Å². The van der Waals surface area contributed by atoms with Crippen LogP contribution in [-0.2, 0) is 0 Å². The third-order valence-electron chi connectivity index (χ3n) is 1.37. The number of halogens is 5. The van der Waals surface area contributed by atoms with Crippen LogP contribution in [0.4, 0.5) is 8.78 Å². The van der Waals surface area contributed by atoms with Crippen LogP contribution < -0.4 is 0 Å². The van der Waals surface area contributed by atoms with Crippen molar-refractivity contribution in [1.82, 2.24) is 4.98 Å². The van der Waals surface area contributed by atoms with Crippen LogP contribution in [-0.4, -0.2) is 10.2 Å². The predicted molar refractivity (Wildman–Crippen MR) is 49.4 cm³/mol. The first-order chi connectivity index (χ1) is 6.43. The van der Waals surface area contributed by atoms with E-state index in [1.807, 2.05) is 0 Å². The van der Waals surface area contributed by atoms with E-state index in [2.05, 4.69) is 4.98 Å². The average Bonchev–Trinajstić information content (AvgIpc) is 2.01. The zero-order valence-corrected chi connectivity index (χ0v) is 8.67. The van der Waals surface area contributed by atoms with Gasteiger partial charge in [0.2, 0.25) is 0 Å². The van der Waals surface area contributed by atoms with Crippen molar-refractivity contribution in [2.75, 3.05) is 0 Å². The molecule has 0 aromatic carbocycles. The van der Waals surface area contributed by atoms with E-state index in [-0.39, 0.29) is 10.2 Å². The van der Waals surface area contributed by atoms with E-state index < -0.39 is 22.9 Å². The Morgan fingerprint density at radius 3 is 2.43 bits per heavy atom. The molecule has 2 nitrogen and oxygen atoms in total. The summed E-state index contributed by atoms with van der Waals surface area (Å²) in [5.74, 6) is 0. The molecule has 1 aromatic heterocycles. The van der Waals surface area contributed by atoms with Gasteiger partial charge in [-0.25, -0.2) is 13.8 Å². The first kappa shape index (κ1) is 11.6. The highest BCUT2D eigenvalue weighted by Gasteiger charge is 2.22. The Morgan fingerprint density at radius 1 is 1.43 bits per heavy atom. The summed E-state index contributed by atoms with van der Waals surface area (Å²) < 4.78 is 24.7. The fourth-order valence-electron chi connectivity index (χ4n) is 0.855. The minimum atomic E-state index is -2.95. The van der Waals surface area contributed by atoms with E-state index in [1.165, 1.54) is 0 Å². The largest absolute Gasteiger partial charge is 0.281 e. The lowest BCUT2D eigenvalue weighted by Gasteiger charge is -2.06. The van der Waals surface area contributed by atoms with E-state index >= 15 is 0 Å². The Morgan fingerprint density at radius 2 is 2.00 bits per heavy atom. The van der Waals surface area contributed by atoms with Crippen LogP contribution in [0.15, 0.2) is 6.07 Å². The Labute approximate surface area is 92.8 Å². The predicted octanol–water partition coefficient (Wildman–Crippen LogP) is 3.71. The van der Waals surface area contributed by atoms with Crippen molar-refractivity contribution in [1.29, 1.82) is 0 Å². The quantitative estimate of drug-likeness (QED) is 0.599. The van der Waals surface area contributed by atoms with Crippen LogP contribution >= 0.6 is 34.8 Å². The lowest BCUT2D eigenvalue weighted by Crippen LogP contribution is -2.03. The van der Waals surface area contributed by atoms with Gasteiger partial charge >= 0.3 is 0 Å². The molecule has 0 saturated heterocycles. The van der Waals surface area contributed by atoms with Crippen LogP contribution in [0.1, 0.15) is 22.5 Å². The van der Waals surface area contributed by atoms with E-state index in [4.69, 9.17) is 34.8 Å². The highest BCUT2D eigenvalue weighted by Crippen LogP contribution is 2.30.